The molecule has 0 saturated carbocycles. The summed E-state index contributed by atoms with van der Waals surface area (Å²) in [7, 11) is 0. The van der Waals surface area contributed by atoms with E-state index in [0.717, 1.165) is 25.2 Å². The summed E-state index contributed by atoms with van der Waals surface area (Å²) in [5.74, 6) is 0.958. The van der Waals surface area contributed by atoms with Gasteiger partial charge < -0.3 is 4.74 Å². The van der Waals surface area contributed by atoms with E-state index >= 15 is 0 Å². The first-order chi connectivity index (χ1) is 25.2. The minimum absolute atomic E-state index is 0.0197. The molecule has 0 N–H and O–H groups in total. The van der Waals surface area contributed by atoms with Crippen molar-refractivity contribution in [1.29, 1.82) is 0 Å². The number of allylic oxidation sites excluding steroid dienone is 2. The van der Waals surface area contributed by atoms with Crippen LogP contribution in [-0.4, -0.2) is 12.6 Å². The average molecular weight is 717 g/mol. The fourth-order valence-corrected chi connectivity index (χ4v) is 7.46. The zero-order valence-corrected chi connectivity index (χ0v) is 35.7. The Bertz CT molecular complexity index is 669. The van der Waals surface area contributed by atoms with E-state index in [1.807, 2.05) is 0 Å². The fourth-order valence-electron chi connectivity index (χ4n) is 7.46. The van der Waals surface area contributed by atoms with E-state index in [1.165, 1.54) is 238 Å². The number of rotatable bonds is 44. The highest BCUT2D eigenvalue weighted by atomic mass is 16.5. The second-order valence-corrected chi connectivity index (χ2v) is 16.7. The van der Waals surface area contributed by atoms with Gasteiger partial charge in [-0.3, -0.25) is 4.79 Å². The number of carbonyl (C=O) groups is 1. The molecule has 0 aliphatic heterocycles. The van der Waals surface area contributed by atoms with Gasteiger partial charge in [0.2, 0.25) is 0 Å². The highest BCUT2D eigenvalue weighted by molar-refractivity contribution is 5.69. The molecule has 1 unspecified atom stereocenters. The molecule has 2 nitrogen and oxygen atoms in total. The minimum Gasteiger partial charge on any atom is -0.466 e. The van der Waals surface area contributed by atoms with Crippen molar-refractivity contribution in [3.63, 3.8) is 0 Å². The van der Waals surface area contributed by atoms with Crippen molar-refractivity contribution in [2.75, 3.05) is 6.61 Å². The first-order valence-corrected chi connectivity index (χ1v) is 24.0. The predicted octanol–water partition coefficient (Wildman–Crippen LogP) is 17.8. The summed E-state index contributed by atoms with van der Waals surface area (Å²) in [6.07, 6.45) is 60.5. The Morgan fingerprint density at radius 1 is 0.412 bits per heavy atom. The van der Waals surface area contributed by atoms with E-state index < -0.39 is 0 Å². The second kappa shape index (κ2) is 45.4. The topological polar surface area (TPSA) is 26.3 Å². The third-order valence-corrected chi connectivity index (χ3v) is 11.4. The van der Waals surface area contributed by atoms with Crippen LogP contribution < -0.4 is 0 Å². The third kappa shape index (κ3) is 45.3. The van der Waals surface area contributed by atoms with Gasteiger partial charge in [-0.25, -0.2) is 0 Å². The zero-order chi connectivity index (χ0) is 37.0. The Morgan fingerprint density at radius 3 is 1.10 bits per heavy atom. The van der Waals surface area contributed by atoms with Crippen molar-refractivity contribution in [3.8, 4) is 0 Å². The van der Waals surface area contributed by atoms with Crippen molar-refractivity contribution in [2.24, 2.45) is 5.92 Å². The molecule has 0 rings (SSSR count). The molecule has 304 valence electrons. The monoisotopic (exact) mass is 717 g/mol. The Kier molecular flexibility index (Phi) is 44.7. The first-order valence-electron chi connectivity index (χ1n) is 24.0. The van der Waals surface area contributed by atoms with Crippen molar-refractivity contribution in [3.05, 3.63) is 12.2 Å². The van der Waals surface area contributed by atoms with E-state index in [-0.39, 0.29) is 5.97 Å². The summed E-state index contributed by atoms with van der Waals surface area (Å²) >= 11 is 0. The van der Waals surface area contributed by atoms with Gasteiger partial charge in [0.1, 0.15) is 0 Å². The van der Waals surface area contributed by atoms with E-state index in [4.69, 9.17) is 4.74 Å². The van der Waals surface area contributed by atoms with Gasteiger partial charge in [0, 0.05) is 6.42 Å². The SMILES string of the molecule is CCCCCC/C=C\CCCCCCCC(=O)OCCCCCCCCCCCCCCCCCCCCCCCCCCCCCC(C)CC. The maximum Gasteiger partial charge on any atom is 0.305 e. The second-order valence-electron chi connectivity index (χ2n) is 16.7. The van der Waals surface area contributed by atoms with Crippen LogP contribution in [0.4, 0.5) is 0 Å². The summed E-state index contributed by atoms with van der Waals surface area (Å²) in [6, 6.07) is 0. The lowest BCUT2D eigenvalue weighted by molar-refractivity contribution is -0.143. The average Bonchev–Trinajstić information content (AvgIpc) is 3.14. The lowest BCUT2D eigenvalue weighted by Gasteiger charge is -2.07. The lowest BCUT2D eigenvalue weighted by atomic mass is 9.99. The number of hydrogen-bond acceptors (Lipinski definition) is 2. The van der Waals surface area contributed by atoms with E-state index in [2.05, 4.69) is 32.9 Å². The van der Waals surface area contributed by atoms with Gasteiger partial charge in [0.15, 0.2) is 0 Å². The van der Waals surface area contributed by atoms with Crippen molar-refractivity contribution in [1.82, 2.24) is 0 Å². The molecule has 0 bridgehead atoms. The van der Waals surface area contributed by atoms with Crippen molar-refractivity contribution >= 4 is 5.97 Å². The Hall–Kier alpha value is -0.790. The van der Waals surface area contributed by atoms with Crippen LogP contribution in [-0.2, 0) is 9.53 Å². The van der Waals surface area contributed by atoms with Crippen LogP contribution in [0.2, 0.25) is 0 Å². The Morgan fingerprint density at radius 2 is 0.725 bits per heavy atom. The van der Waals surface area contributed by atoms with Crippen LogP contribution in [0.5, 0.6) is 0 Å². The molecule has 0 aliphatic rings. The van der Waals surface area contributed by atoms with Crippen LogP contribution in [0.25, 0.3) is 0 Å². The molecule has 0 aromatic carbocycles. The molecule has 0 aromatic heterocycles. The van der Waals surface area contributed by atoms with E-state index in [0.29, 0.717) is 13.0 Å². The summed E-state index contributed by atoms with van der Waals surface area (Å²) in [4.78, 5) is 12.0. The van der Waals surface area contributed by atoms with Crippen LogP contribution in [0.3, 0.4) is 0 Å². The number of ether oxygens (including phenoxy) is 1. The minimum atomic E-state index is 0.0197. The summed E-state index contributed by atoms with van der Waals surface area (Å²) in [5, 5.41) is 0. The smallest absolute Gasteiger partial charge is 0.305 e. The molecule has 0 aliphatic carbocycles. The molecule has 0 spiro atoms. The Labute approximate surface area is 323 Å². The van der Waals surface area contributed by atoms with Crippen LogP contribution in [0, 0.1) is 5.92 Å². The first kappa shape index (κ1) is 50.2. The molecule has 0 radical (unpaired) electrons. The maximum absolute atomic E-state index is 12.0. The van der Waals surface area contributed by atoms with Gasteiger partial charge in [-0.2, -0.15) is 0 Å². The van der Waals surface area contributed by atoms with Crippen molar-refractivity contribution < 1.29 is 9.53 Å². The Balaban J connectivity index is 3.15. The summed E-state index contributed by atoms with van der Waals surface area (Å²) in [5.41, 5.74) is 0. The van der Waals surface area contributed by atoms with E-state index in [9.17, 15) is 4.79 Å². The van der Waals surface area contributed by atoms with Gasteiger partial charge in [-0.15, -0.1) is 0 Å². The molecular weight excluding hydrogens is 621 g/mol. The largest absolute Gasteiger partial charge is 0.466 e. The normalized spacial score (nSPS) is 12.3. The van der Waals surface area contributed by atoms with Crippen LogP contribution in [0.1, 0.15) is 284 Å². The summed E-state index contributed by atoms with van der Waals surface area (Å²) in [6.45, 7) is 7.62. The lowest BCUT2D eigenvalue weighted by Crippen LogP contribution is -2.05. The quantitative estimate of drug-likeness (QED) is 0.0356. The predicted molar refractivity (Wildman–Crippen MR) is 230 cm³/mol. The zero-order valence-electron chi connectivity index (χ0n) is 35.7. The number of unbranched alkanes of at least 4 members (excludes halogenated alkanes) is 35. The molecule has 51 heavy (non-hydrogen) atoms. The molecule has 1 atom stereocenters. The molecule has 0 aromatic rings. The van der Waals surface area contributed by atoms with Gasteiger partial charge in [-0.1, -0.05) is 251 Å². The molecular formula is C49H96O2. The molecule has 0 amide bonds. The molecule has 0 fully saturated rings. The number of carbonyl (C=O) groups excluding carboxylic acids is 1. The molecule has 2 heteroatoms. The highest BCUT2D eigenvalue weighted by Gasteiger charge is 2.03. The molecule has 0 heterocycles. The van der Waals surface area contributed by atoms with Crippen LogP contribution >= 0.6 is 0 Å². The van der Waals surface area contributed by atoms with Crippen molar-refractivity contribution in [2.45, 2.75) is 284 Å². The van der Waals surface area contributed by atoms with E-state index in [1.54, 1.807) is 0 Å². The maximum atomic E-state index is 12.0. The van der Waals surface area contributed by atoms with Gasteiger partial charge in [0.05, 0.1) is 6.61 Å². The number of esters is 1. The highest BCUT2D eigenvalue weighted by Crippen LogP contribution is 2.18. The van der Waals surface area contributed by atoms with Gasteiger partial charge in [0.25, 0.3) is 0 Å². The number of hydrogen-bond donors (Lipinski definition) is 0. The van der Waals surface area contributed by atoms with Gasteiger partial charge >= 0.3 is 5.97 Å². The molecule has 0 saturated heterocycles. The third-order valence-electron chi connectivity index (χ3n) is 11.4. The fraction of sp³-hybridized carbons (Fsp3) is 0.939. The standard InChI is InChI=1S/C49H96O2/c1-4-6-7-8-9-10-11-27-31-34-37-40-43-46-49(50)51-47-44-41-38-35-32-29-26-24-22-20-18-16-14-12-13-15-17-19-21-23-25-28-30-33-36-39-42-45-48(3)5-2/h10-11,48H,4-9,12-47H2,1-3H3/b11-10-. The van der Waals surface area contributed by atoms with Gasteiger partial charge in [-0.05, 0) is 44.4 Å². The summed E-state index contributed by atoms with van der Waals surface area (Å²) < 4.78 is 5.47. The van der Waals surface area contributed by atoms with Crippen LogP contribution in [0.15, 0.2) is 12.2 Å².